The summed E-state index contributed by atoms with van der Waals surface area (Å²) in [5.41, 5.74) is 1.56. The van der Waals surface area contributed by atoms with Gasteiger partial charge in [-0.15, -0.1) is 0 Å². The van der Waals surface area contributed by atoms with Crippen molar-refractivity contribution in [2.75, 3.05) is 14.2 Å². The Bertz CT molecular complexity index is 576. The van der Waals surface area contributed by atoms with Crippen LogP contribution in [0.3, 0.4) is 0 Å². The van der Waals surface area contributed by atoms with Gasteiger partial charge in [-0.2, -0.15) is 0 Å². The molecular weight excluding hydrogens is 258 g/mol. The third kappa shape index (κ3) is 2.83. The summed E-state index contributed by atoms with van der Waals surface area (Å²) < 4.78 is 16.4. The first-order chi connectivity index (χ1) is 9.69. The zero-order chi connectivity index (χ0) is 14.5. The van der Waals surface area contributed by atoms with E-state index in [9.17, 15) is 0 Å². The molecule has 2 rings (SSSR count). The molecule has 0 fully saturated rings. The van der Waals surface area contributed by atoms with Gasteiger partial charge < -0.3 is 19.3 Å². The molecule has 5 nitrogen and oxygen atoms in total. The molecule has 1 heterocycles. The Morgan fingerprint density at radius 3 is 2.30 bits per heavy atom. The average molecular weight is 275 g/mol. The van der Waals surface area contributed by atoms with E-state index >= 15 is 0 Å². The molecule has 1 aromatic carbocycles. The summed E-state index contributed by atoms with van der Waals surface area (Å²) in [6.07, 6.45) is 1.57. The van der Waals surface area contributed by atoms with Gasteiger partial charge in [0, 0.05) is 11.8 Å². The predicted octanol–water partition coefficient (Wildman–Crippen LogP) is 2.69. The number of methoxy groups -OCH3 is 2. The van der Waals surface area contributed by atoms with Crippen molar-refractivity contribution in [2.45, 2.75) is 13.5 Å². The zero-order valence-corrected chi connectivity index (χ0v) is 11.7. The van der Waals surface area contributed by atoms with Crippen molar-refractivity contribution in [3.05, 3.63) is 41.6 Å². The quantitative estimate of drug-likeness (QED) is 0.909. The minimum atomic E-state index is -0.0495. The van der Waals surface area contributed by atoms with E-state index in [1.54, 1.807) is 32.5 Å². The smallest absolute Gasteiger partial charge is 0.222 e. The van der Waals surface area contributed by atoms with E-state index in [0.717, 1.165) is 11.1 Å². The highest BCUT2D eigenvalue weighted by Crippen LogP contribution is 2.40. The Labute approximate surface area is 117 Å². The van der Waals surface area contributed by atoms with E-state index < -0.39 is 0 Å². The number of aliphatic hydroxyl groups excluding tert-OH is 1. The summed E-state index contributed by atoms with van der Waals surface area (Å²) in [5.74, 6) is 2.06. The van der Waals surface area contributed by atoms with Crippen LogP contribution in [-0.4, -0.2) is 24.3 Å². The molecule has 0 atom stereocenters. The van der Waals surface area contributed by atoms with Crippen LogP contribution in [0.15, 0.2) is 30.5 Å². The van der Waals surface area contributed by atoms with Gasteiger partial charge in [-0.3, -0.25) is 0 Å². The lowest BCUT2D eigenvalue weighted by molar-refractivity contribution is 0.281. The standard InChI is InChI=1S/C15H17NO4/c1-10-7-11(9-17)8-16-15(10)20-14-12(18-2)5-4-6-13(14)19-3/h4-8,17H,9H2,1-3H3. The van der Waals surface area contributed by atoms with Crippen molar-refractivity contribution >= 4 is 0 Å². The van der Waals surface area contributed by atoms with Crippen LogP contribution in [0.4, 0.5) is 0 Å². The fourth-order valence-corrected chi connectivity index (χ4v) is 1.83. The minimum Gasteiger partial charge on any atom is -0.493 e. The molecule has 0 saturated heterocycles. The van der Waals surface area contributed by atoms with E-state index in [-0.39, 0.29) is 6.61 Å². The van der Waals surface area contributed by atoms with Gasteiger partial charge in [-0.25, -0.2) is 4.98 Å². The highest BCUT2D eigenvalue weighted by atomic mass is 16.5. The SMILES string of the molecule is COc1cccc(OC)c1Oc1ncc(CO)cc1C. The van der Waals surface area contributed by atoms with E-state index in [1.165, 1.54) is 0 Å². The number of aromatic nitrogens is 1. The molecule has 0 spiro atoms. The zero-order valence-electron chi connectivity index (χ0n) is 11.7. The number of rotatable bonds is 5. The molecule has 0 aliphatic heterocycles. The number of aliphatic hydroxyl groups is 1. The number of aryl methyl sites for hydroxylation is 1. The number of benzene rings is 1. The number of nitrogens with zero attached hydrogens (tertiary/aromatic N) is 1. The van der Waals surface area contributed by atoms with Crippen molar-refractivity contribution in [1.29, 1.82) is 0 Å². The third-order valence-corrected chi connectivity index (χ3v) is 2.85. The Kier molecular flexibility index (Phi) is 4.42. The maximum absolute atomic E-state index is 9.09. The third-order valence-electron chi connectivity index (χ3n) is 2.85. The van der Waals surface area contributed by atoms with Crippen molar-refractivity contribution in [3.8, 4) is 23.1 Å². The van der Waals surface area contributed by atoms with Crippen LogP contribution < -0.4 is 14.2 Å². The molecule has 2 aromatic rings. The summed E-state index contributed by atoms with van der Waals surface area (Å²) in [6.45, 7) is 1.81. The second-order valence-electron chi connectivity index (χ2n) is 4.22. The number of pyridine rings is 1. The molecule has 5 heteroatoms. The summed E-state index contributed by atoms with van der Waals surface area (Å²) in [5, 5.41) is 9.09. The normalized spacial score (nSPS) is 10.2. The molecule has 0 saturated carbocycles. The lowest BCUT2D eigenvalue weighted by Gasteiger charge is -2.14. The Morgan fingerprint density at radius 2 is 1.80 bits per heavy atom. The van der Waals surface area contributed by atoms with Gasteiger partial charge in [0.15, 0.2) is 11.5 Å². The first kappa shape index (κ1) is 14.1. The Morgan fingerprint density at radius 1 is 1.15 bits per heavy atom. The van der Waals surface area contributed by atoms with Gasteiger partial charge in [0.1, 0.15) is 0 Å². The Hall–Kier alpha value is -2.27. The highest BCUT2D eigenvalue weighted by Gasteiger charge is 2.14. The van der Waals surface area contributed by atoms with Crippen LogP contribution in [-0.2, 0) is 6.61 Å². The van der Waals surface area contributed by atoms with E-state index in [2.05, 4.69) is 4.98 Å². The van der Waals surface area contributed by atoms with Gasteiger partial charge >= 0.3 is 0 Å². The number of ether oxygens (including phenoxy) is 3. The molecule has 0 radical (unpaired) electrons. The maximum atomic E-state index is 9.09. The summed E-state index contributed by atoms with van der Waals surface area (Å²) in [6, 6.07) is 7.22. The molecule has 0 unspecified atom stereocenters. The second kappa shape index (κ2) is 6.25. The van der Waals surface area contributed by atoms with Crippen molar-refractivity contribution in [2.24, 2.45) is 0 Å². The maximum Gasteiger partial charge on any atom is 0.222 e. The second-order valence-corrected chi connectivity index (χ2v) is 4.22. The van der Waals surface area contributed by atoms with E-state index in [0.29, 0.717) is 23.1 Å². The summed E-state index contributed by atoms with van der Waals surface area (Å²) in [4.78, 5) is 4.20. The van der Waals surface area contributed by atoms with Crippen LogP contribution in [0.1, 0.15) is 11.1 Å². The topological polar surface area (TPSA) is 60.8 Å². The molecule has 1 aromatic heterocycles. The van der Waals surface area contributed by atoms with Crippen molar-refractivity contribution in [3.63, 3.8) is 0 Å². The molecule has 106 valence electrons. The van der Waals surface area contributed by atoms with Crippen LogP contribution in [0.25, 0.3) is 0 Å². The molecular formula is C15H17NO4. The highest BCUT2D eigenvalue weighted by molar-refractivity contribution is 5.53. The fourth-order valence-electron chi connectivity index (χ4n) is 1.83. The average Bonchev–Trinajstić information content (AvgIpc) is 2.49. The van der Waals surface area contributed by atoms with E-state index in [4.69, 9.17) is 19.3 Å². The predicted molar refractivity (Wildman–Crippen MR) is 74.5 cm³/mol. The van der Waals surface area contributed by atoms with E-state index in [1.807, 2.05) is 19.1 Å². The molecule has 20 heavy (non-hydrogen) atoms. The Balaban J connectivity index is 2.39. The molecule has 0 amide bonds. The summed E-state index contributed by atoms with van der Waals surface area (Å²) in [7, 11) is 3.13. The molecule has 1 N–H and O–H groups in total. The first-order valence-electron chi connectivity index (χ1n) is 6.14. The molecule has 0 aliphatic rings. The van der Waals surface area contributed by atoms with Gasteiger partial charge in [0.2, 0.25) is 11.6 Å². The summed E-state index contributed by atoms with van der Waals surface area (Å²) >= 11 is 0. The van der Waals surface area contributed by atoms with Crippen LogP contribution in [0, 0.1) is 6.92 Å². The fraction of sp³-hybridized carbons (Fsp3) is 0.267. The van der Waals surface area contributed by atoms with Gasteiger partial charge in [-0.05, 0) is 30.7 Å². The lowest BCUT2D eigenvalue weighted by Crippen LogP contribution is -1.98. The molecule has 0 bridgehead atoms. The number of hydrogen-bond donors (Lipinski definition) is 1. The van der Waals surface area contributed by atoms with Gasteiger partial charge in [0.25, 0.3) is 0 Å². The molecule has 0 aliphatic carbocycles. The minimum absolute atomic E-state index is 0.0495. The number of hydrogen-bond acceptors (Lipinski definition) is 5. The van der Waals surface area contributed by atoms with Crippen molar-refractivity contribution < 1.29 is 19.3 Å². The first-order valence-corrected chi connectivity index (χ1v) is 6.14. The largest absolute Gasteiger partial charge is 0.493 e. The van der Waals surface area contributed by atoms with Gasteiger partial charge in [-0.1, -0.05) is 6.07 Å². The van der Waals surface area contributed by atoms with Crippen LogP contribution >= 0.6 is 0 Å². The van der Waals surface area contributed by atoms with Gasteiger partial charge in [0.05, 0.1) is 20.8 Å². The van der Waals surface area contributed by atoms with Crippen LogP contribution in [0.2, 0.25) is 0 Å². The monoisotopic (exact) mass is 275 g/mol. The number of para-hydroxylation sites is 1. The van der Waals surface area contributed by atoms with Crippen LogP contribution in [0.5, 0.6) is 23.1 Å². The lowest BCUT2D eigenvalue weighted by atomic mass is 10.2. The van der Waals surface area contributed by atoms with Crippen molar-refractivity contribution in [1.82, 2.24) is 4.98 Å².